The quantitative estimate of drug-likeness (QED) is 0.825. The van der Waals surface area contributed by atoms with Crippen molar-refractivity contribution in [3.05, 3.63) is 0 Å². The molecule has 128 valence electrons. The first-order valence-corrected chi connectivity index (χ1v) is 8.55. The summed E-state index contributed by atoms with van der Waals surface area (Å²) >= 11 is 0. The minimum atomic E-state index is 0. The number of nitrogens with one attached hydrogen (secondary N) is 1. The fraction of sp³-hybridized carbons (Fsp3) is 0.938. The smallest absolute Gasteiger partial charge is 0.227 e. The highest BCUT2D eigenvalue weighted by molar-refractivity contribution is 5.85. The standard InChI is InChI=1S/C16H27N3O.2ClH/c20-16(14-3-4-17-11-14)19-7-5-18(6-8-19)15-10-12-1-2-13(15)9-12;;/h12-15,17H,1-11H2;2*1H. The Balaban J connectivity index is 0.000000882. The fourth-order valence-electron chi connectivity index (χ4n) is 5.06. The molecule has 6 heteroatoms. The summed E-state index contributed by atoms with van der Waals surface area (Å²) in [6.07, 6.45) is 6.89. The van der Waals surface area contributed by atoms with Crippen LogP contribution in [-0.2, 0) is 4.79 Å². The molecule has 22 heavy (non-hydrogen) atoms. The molecule has 0 aromatic rings. The largest absolute Gasteiger partial charge is 0.340 e. The van der Waals surface area contributed by atoms with Crippen molar-refractivity contribution in [1.29, 1.82) is 0 Å². The van der Waals surface area contributed by atoms with Crippen LogP contribution in [0.1, 0.15) is 32.1 Å². The Morgan fingerprint density at radius 1 is 0.955 bits per heavy atom. The second-order valence-electron chi connectivity index (χ2n) is 7.29. The van der Waals surface area contributed by atoms with Gasteiger partial charge >= 0.3 is 0 Å². The average Bonchev–Trinajstić information content (AvgIpc) is 3.23. The Morgan fingerprint density at radius 2 is 1.73 bits per heavy atom. The molecule has 2 heterocycles. The summed E-state index contributed by atoms with van der Waals surface area (Å²) in [5.74, 6) is 2.65. The zero-order valence-corrected chi connectivity index (χ0v) is 14.8. The van der Waals surface area contributed by atoms with Crippen LogP contribution in [0, 0.1) is 17.8 Å². The Bertz CT molecular complexity index is 382. The van der Waals surface area contributed by atoms with E-state index in [1.807, 2.05) is 0 Å². The molecule has 2 aliphatic heterocycles. The van der Waals surface area contributed by atoms with E-state index in [1.54, 1.807) is 0 Å². The van der Waals surface area contributed by atoms with Gasteiger partial charge in [-0.1, -0.05) is 6.42 Å². The molecule has 1 N–H and O–H groups in total. The third-order valence-electron chi connectivity index (χ3n) is 6.21. The van der Waals surface area contributed by atoms with Gasteiger partial charge in [0.2, 0.25) is 5.91 Å². The van der Waals surface area contributed by atoms with Crippen LogP contribution in [0.4, 0.5) is 0 Å². The Labute approximate surface area is 146 Å². The molecule has 4 fully saturated rings. The number of halogens is 2. The van der Waals surface area contributed by atoms with Crippen LogP contribution in [0.25, 0.3) is 0 Å². The summed E-state index contributed by atoms with van der Waals surface area (Å²) in [4.78, 5) is 17.2. The van der Waals surface area contributed by atoms with Crippen molar-refractivity contribution in [2.75, 3.05) is 39.3 Å². The summed E-state index contributed by atoms with van der Waals surface area (Å²) in [6, 6.07) is 0.846. The van der Waals surface area contributed by atoms with Crippen LogP contribution in [0.2, 0.25) is 0 Å². The van der Waals surface area contributed by atoms with Crippen LogP contribution in [0.3, 0.4) is 0 Å². The maximum atomic E-state index is 12.4. The number of hydrogen-bond donors (Lipinski definition) is 1. The van der Waals surface area contributed by atoms with Crippen molar-refractivity contribution in [1.82, 2.24) is 15.1 Å². The maximum Gasteiger partial charge on any atom is 0.227 e. The molecule has 2 saturated carbocycles. The molecule has 2 aliphatic carbocycles. The molecule has 0 radical (unpaired) electrons. The first-order chi connectivity index (χ1) is 9.81. The maximum absolute atomic E-state index is 12.4. The molecule has 1 amide bonds. The highest BCUT2D eigenvalue weighted by Gasteiger charge is 2.43. The Morgan fingerprint density at radius 3 is 2.27 bits per heavy atom. The lowest BCUT2D eigenvalue weighted by Gasteiger charge is -2.41. The normalized spacial score (nSPS) is 37.7. The van der Waals surface area contributed by atoms with Gasteiger partial charge in [0.05, 0.1) is 5.92 Å². The van der Waals surface area contributed by atoms with Gasteiger partial charge in [0.1, 0.15) is 0 Å². The van der Waals surface area contributed by atoms with E-state index in [2.05, 4.69) is 15.1 Å². The van der Waals surface area contributed by atoms with E-state index >= 15 is 0 Å². The number of fused-ring (bicyclic) bond motifs is 2. The van der Waals surface area contributed by atoms with Gasteiger partial charge in [-0.3, -0.25) is 9.69 Å². The van der Waals surface area contributed by atoms with Gasteiger partial charge in [0, 0.05) is 38.8 Å². The van der Waals surface area contributed by atoms with E-state index in [9.17, 15) is 4.79 Å². The SMILES string of the molecule is Cl.Cl.O=C(C1CCNC1)N1CCN(C2CC3CCC2C3)CC1. The number of hydrogen-bond acceptors (Lipinski definition) is 3. The fourth-order valence-corrected chi connectivity index (χ4v) is 5.06. The minimum Gasteiger partial charge on any atom is -0.340 e. The molecular weight excluding hydrogens is 321 g/mol. The average molecular weight is 350 g/mol. The third kappa shape index (κ3) is 3.40. The van der Waals surface area contributed by atoms with E-state index in [-0.39, 0.29) is 30.7 Å². The lowest BCUT2D eigenvalue weighted by atomic mass is 9.93. The second-order valence-corrected chi connectivity index (χ2v) is 7.29. The van der Waals surface area contributed by atoms with Crippen molar-refractivity contribution < 1.29 is 4.79 Å². The van der Waals surface area contributed by atoms with E-state index < -0.39 is 0 Å². The molecule has 4 nitrogen and oxygen atoms in total. The molecule has 4 aliphatic rings. The molecule has 0 aromatic heterocycles. The van der Waals surface area contributed by atoms with Crippen molar-refractivity contribution in [2.45, 2.75) is 38.1 Å². The summed E-state index contributed by atoms with van der Waals surface area (Å²) < 4.78 is 0. The molecule has 0 aromatic carbocycles. The number of carbonyl (C=O) groups is 1. The highest BCUT2D eigenvalue weighted by atomic mass is 35.5. The number of nitrogens with zero attached hydrogens (tertiary/aromatic N) is 2. The van der Waals surface area contributed by atoms with Gasteiger partial charge in [-0.25, -0.2) is 0 Å². The van der Waals surface area contributed by atoms with E-state index in [4.69, 9.17) is 0 Å². The van der Waals surface area contributed by atoms with E-state index in [0.717, 1.165) is 63.6 Å². The number of amides is 1. The number of piperazine rings is 1. The molecule has 2 saturated heterocycles. The minimum absolute atomic E-state index is 0. The second kappa shape index (κ2) is 7.69. The molecule has 2 bridgehead atoms. The van der Waals surface area contributed by atoms with Crippen molar-refractivity contribution in [3.8, 4) is 0 Å². The monoisotopic (exact) mass is 349 g/mol. The van der Waals surface area contributed by atoms with Gasteiger partial charge in [-0.15, -0.1) is 24.8 Å². The van der Waals surface area contributed by atoms with Crippen molar-refractivity contribution >= 4 is 30.7 Å². The van der Waals surface area contributed by atoms with Gasteiger partial charge in [0.15, 0.2) is 0 Å². The zero-order valence-electron chi connectivity index (χ0n) is 13.2. The number of carbonyl (C=O) groups excluding carboxylic acids is 1. The third-order valence-corrected chi connectivity index (χ3v) is 6.21. The summed E-state index contributed by atoms with van der Waals surface area (Å²) in [5.41, 5.74) is 0. The Hall–Kier alpha value is -0.0300. The predicted octanol–water partition coefficient (Wildman–Crippen LogP) is 1.77. The van der Waals surface area contributed by atoms with Crippen LogP contribution in [0.5, 0.6) is 0 Å². The van der Waals surface area contributed by atoms with Gasteiger partial charge < -0.3 is 10.2 Å². The Kier molecular flexibility index (Phi) is 6.40. The van der Waals surface area contributed by atoms with Crippen LogP contribution < -0.4 is 5.32 Å². The predicted molar refractivity (Wildman–Crippen MR) is 92.9 cm³/mol. The first kappa shape index (κ1) is 18.3. The lowest BCUT2D eigenvalue weighted by Crippen LogP contribution is -2.54. The molecule has 4 rings (SSSR count). The van der Waals surface area contributed by atoms with Gasteiger partial charge in [-0.05, 0) is 44.1 Å². The van der Waals surface area contributed by atoms with Gasteiger partial charge in [-0.2, -0.15) is 0 Å². The van der Waals surface area contributed by atoms with E-state index in [1.165, 1.54) is 25.7 Å². The molecular formula is C16H29Cl2N3O. The van der Waals surface area contributed by atoms with E-state index in [0.29, 0.717) is 5.91 Å². The summed E-state index contributed by atoms with van der Waals surface area (Å²) in [6.45, 7) is 6.05. The van der Waals surface area contributed by atoms with Gasteiger partial charge in [0.25, 0.3) is 0 Å². The van der Waals surface area contributed by atoms with Crippen LogP contribution in [-0.4, -0.2) is 61.0 Å². The molecule has 4 atom stereocenters. The topological polar surface area (TPSA) is 35.6 Å². The lowest BCUT2D eigenvalue weighted by molar-refractivity contribution is -0.137. The number of rotatable bonds is 2. The van der Waals surface area contributed by atoms with Crippen molar-refractivity contribution in [2.24, 2.45) is 17.8 Å². The van der Waals surface area contributed by atoms with Crippen LogP contribution in [0.15, 0.2) is 0 Å². The highest BCUT2D eigenvalue weighted by Crippen LogP contribution is 2.46. The molecule has 4 unspecified atom stereocenters. The summed E-state index contributed by atoms with van der Waals surface area (Å²) in [5, 5.41) is 3.31. The van der Waals surface area contributed by atoms with Crippen LogP contribution >= 0.6 is 24.8 Å². The van der Waals surface area contributed by atoms with Crippen molar-refractivity contribution in [3.63, 3.8) is 0 Å². The molecule has 0 spiro atoms. The summed E-state index contributed by atoms with van der Waals surface area (Å²) in [7, 11) is 0. The zero-order chi connectivity index (χ0) is 13.5. The first-order valence-electron chi connectivity index (χ1n) is 8.55.